The van der Waals surface area contributed by atoms with E-state index < -0.39 is 0 Å². The predicted molar refractivity (Wildman–Crippen MR) is 69.4 cm³/mol. The van der Waals surface area contributed by atoms with Crippen molar-refractivity contribution in [3.05, 3.63) is 23.8 Å². The topological polar surface area (TPSA) is 47.3 Å². The summed E-state index contributed by atoms with van der Waals surface area (Å²) < 4.78 is 5.52. The van der Waals surface area contributed by atoms with Crippen LogP contribution in [-0.4, -0.2) is 19.2 Å². The highest BCUT2D eigenvalue weighted by atomic mass is 16.5. The zero-order valence-corrected chi connectivity index (χ0v) is 10.1. The van der Waals surface area contributed by atoms with Crippen molar-refractivity contribution in [1.82, 2.24) is 0 Å². The number of anilines is 1. The molecule has 3 rings (SSSR count). The zero-order valence-electron chi connectivity index (χ0n) is 10.1. The van der Waals surface area contributed by atoms with Crippen LogP contribution in [0.5, 0.6) is 5.75 Å². The number of benzene rings is 1. The highest BCUT2D eigenvalue weighted by Crippen LogP contribution is 2.31. The summed E-state index contributed by atoms with van der Waals surface area (Å²) in [5, 5.41) is 3.64. The van der Waals surface area contributed by atoms with E-state index in [9.17, 15) is 0 Å². The van der Waals surface area contributed by atoms with Crippen molar-refractivity contribution in [2.45, 2.75) is 31.7 Å². The third-order valence-corrected chi connectivity index (χ3v) is 4.00. The second kappa shape index (κ2) is 4.57. The Morgan fingerprint density at radius 2 is 2.29 bits per heavy atom. The molecule has 0 saturated heterocycles. The molecule has 1 aromatic rings. The third kappa shape index (κ3) is 2.12. The van der Waals surface area contributed by atoms with Gasteiger partial charge in [-0.2, -0.15) is 0 Å². The minimum Gasteiger partial charge on any atom is -0.493 e. The van der Waals surface area contributed by atoms with E-state index in [1.54, 1.807) is 0 Å². The van der Waals surface area contributed by atoms with Gasteiger partial charge in [0.15, 0.2) is 0 Å². The van der Waals surface area contributed by atoms with E-state index in [4.69, 9.17) is 10.5 Å². The van der Waals surface area contributed by atoms with E-state index in [0.29, 0.717) is 12.0 Å². The number of ether oxygens (including phenoxy) is 1. The highest BCUT2D eigenvalue weighted by Gasteiger charge is 2.26. The first-order chi connectivity index (χ1) is 8.36. The molecule has 2 aliphatic rings. The monoisotopic (exact) mass is 232 g/mol. The van der Waals surface area contributed by atoms with Crippen LogP contribution in [0.1, 0.15) is 24.8 Å². The Morgan fingerprint density at radius 3 is 3.18 bits per heavy atom. The van der Waals surface area contributed by atoms with Gasteiger partial charge in [-0.25, -0.2) is 0 Å². The molecule has 1 aromatic carbocycles. The number of hydrogen-bond acceptors (Lipinski definition) is 3. The van der Waals surface area contributed by atoms with E-state index in [-0.39, 0.29) is 0 Å². The Kier molecular flexibility index (Phi) is 2.93. The molecule has 3 N–H and O–H groups in total. The van der Waals surface area contributed by atoms with Crippen LogP contribution in [0.15, 0.2) is 18.2 Å². The molecule has 0 spiro atoms. The van der Waals surface area contributed by atoms with Crippen LogP contribution < -0.4 is 15.8 Å². The molecule has 17 heavy (non-hydrogen) atoms. The summed E-state index contributed by atoms with van der Waals surface area (Å²) >= 11 is 0. The van der Waals surface area contributed by atoms with Crippen molar-refractivity contribution in [2.75, 3.05) is 18.5 Å². The number of nitrogens with one attached hydrogen (secondary N) is 1. The molecule has 3 heteroatoms. The smallest absolute Gasteiger partial charge is 0.122 e. The first kappa shape index (κ1) is 10.9. The van der Waals surface area contributed by atoms with Crippen molar-refractivity contribution < 1.29 is 4.74 Å². The molecular formula is C14H20N2O. The molecular weight excluding hydrogens is 212 g/mol. The second-order valence-corrected chi connectivity index (χ2v) is 5.10. The molecule has 2 unspecified atom stereocenters. The van der Waals surface area contributed by atoms with Crippen molar-refractivity contribution in [2.24, 2.45) is 11.7 Å². The Bertz CT molecular complexity index is 405. The summed E-state index contributed by atoms with van der Waals surface area (Å²) in [6.07, 6.45) is 4.85. The lowest BCUT2D eigenvalue weighted by Gasteiger charge is -2.21. The van der Waals surface area contributed by atoms with Crippen molar-refractivity contribution >= 4 is 5.69 Å². The van der Waals surface area contributed by atoms with Crippen molar-refractivity contribution in [3.63, 3.8) is 0 Å². The Morgan fingerprint density at radius 1 is 1.35 bits per heavy atom. The molecule has 2 atom stereocenters. The van der Waals surface area contributed by atoms with Gasteiger partial charge >= 0.3 is 0 Å². The molecule has 0 amide bonds. The normalized spacial score (nSPS) is 26.6. The van der Waals surface area contributed by atoms with Gasteiger partial charge in [-0.15, -0.1) is 0 Å². The van der Waals surface area contributed by atoms with Crippen LogP contribution in [0, 0.1) is 5.92 Å². The molecule has 0 aromatic heterocycles. The van der Waals surface area contributed by atoms with Gasteiger partial charge < -0.3 is 15.8 Å². The largest absolute Gasteiger partial charge is 0.493 e. The average molecular weight is 232 g/mol. The standard InChI is InChI=1S/C14H20N2O/c15-9-11-2-1-3-13(11)16-12-4-5-14-10(8-12)6-7-17-14/h4-5,8,11,13,16H,1-3,6-7,9,15H2. The van der Waals surface area contributed by atoms with Gasteiger partial charge in [-0.1, -0.05) is 6.42 Å². The Hall–Kier alpha value is -1.22. The fourth-order valence-electron chi connectivity index (χ4n) is 3.00. The fraction of sp³-hybridized carbons (Fsp3) is 0.571. The van der Waals surface area contributed by atoms with Gasteiger partial charge in [-0.3, -0.25) is 0 Å². The molecule has 0 radical (unpaired) electrons. The van der Waals surface area contributed by atoms with E-state index in [2.05, 4.69) is 23.5 Å². The molecule has 1 aliphatic heterocycles. The van der Waals surface area contributed by atoms with Crippen molar-refractivity contribution in [3.8, 4) is 5.75 Å². The molecule has 1 fully saturated rings. The van der Waals surface area contributed by atoms with E-state index in [0.717, 1.165) is 25.3 Å². The van der Waals surface area contributed by atoms with Gasteiger partial charge in [0, 0.05) is 18.2 Å². The summed E-state index contributed by atoms with van der Waals surface area (Å²) in [7, 11) is 0. The van der Waals surface area contributed by atoms with E-state index in [1.807, 2.05) is 0 Å². The van der Waals surface area contributed by atoms with Crippen molar-refractivity contribution in [1.29, 1.82) is 0 Å². The third-order valence-electron chi connectivity index (χ3n) is 4.00. The molecule has 92 valence electrons. The second-order valence-electron chi connectivity index (χ2n) is 5.10. The van der Waals surface area contributed by atoms with E-state index in [1.165, 1.54) is 30.5 Å². The van der Waals surface area contributed by atoms with Gasteiger partial charge in [0.1, 0.15) is 5.75 Å². The number of rotatable bonds is 3. The summed E-state index contributed by atoms with van der Waals surface area (Å²) in [6, 6.07) is 6.99. The lowest BCUT2D eigenvalue weighted by Crippen LogP contribution is -2.29. The van der Waals surface area contributed by atoms with Gasteiger partial charge in [0.2, 0.25) is 0 Å². The average Bonchev–Trinajstić information content (AvgIpc) is 2.96. The Balaban J connectivity index is 1.72. The van der Waals surface area contributed by atoms with Crippen LogP contribution >= 0.6 is 0 Å². The quantitative estimate of drug-likeness (QED) is 0.839. The van der Waals surface area contributed by atoms with Crippen LogP contribution in [-0.2, 0) is 6.42 Å². The summed E-state index contributed by atoms with van der Waals surface area (Å²) in [5.41, 5.74) is 8.36. The lowest BCUT2D eigenvalue weighted by atomic mass is 10.0. The fourth-order valence-corrected chi connectivity index (χ4v) is 3.00. The summed E-state index contributed by atoms with van der Waals surface area (Å²) in [6.45, 7) is 1.62. The van der Waals surface area contributed by atoms with Crippen LogP contribution in [0.2, 0.25) is 0 Å². The Labute approximate surface area is 102 Å². The first-order valence-corrected chi connectivity index (χ1v) is 6.59. The maximum Gasteiger partial charge on any atom is 0.122 e. The lowest BCUT2D eigenvalue weighted by molar-refractivity contribution is 0.357. The maximum absolute atomic E-state index is 5.81. The van der Waals surface area contributed by atoms with Crippen LogP contribution in [0.3, 0.4) is 0 Å². The van der Waals surface area contributed by atoms with Gasteiger partial charge in [0.25, 0.3) is 0 Å². The molecule has 0 bridgehead atoms. The minimum atomic E-state index is 0.556. The molecule has 1 saturated carbocycles. The zero-order chi connectivity index (χ0) is 11.7. The predicted octanol–water partition coefficient (Wildman–Crippen LogP) is 2.16. The minimum absolute atomic E-state index is 0.556. The molecule has 3 nitrogen and oxygen atoms in total. The number of hydrogen-bond donors (Lipinski definition) is 2. The van der Waals surface area contributed by atoms with Gasteiger partial charge in [-0.05, 0) is 49.1 Å². The van der Waals surface area contributed by atoms with Crippen LogP contribution in [0.4, 0.5) is 5.69 Å². The first-order valence-electron chi connectivity index (χ1n) is 6.59. The maximum atomic E-state index is 5.81. The highest BCUT2D eigenvalue weighted by molar-refractivity contribution is 5.53. The number of nitrogens with two attached hydrogens (primary N) is 1. The van der Waals surface area contributed by atoms with Crippen LogP contribution in [0.25, 0.3) is 0 Å². The summed E-state index contributed by atoms with van der Waals surface area (Å²) in [4.78, 5) is 0. The SMILES string of the molecule is NCC1CCCC1Nc1ccc2c(c1)CCO2. The molecule has 1 heterocycles. The number of fused-ring (bicyclic) bond motifs is 1. The van der Waals surface area contributed by atoms with E-state index >= 15 is 0 Å². The molecule has 1 aliphatic carbocycles. The summed E-state index contributed by atoms with van der Waals surface area (Å²) in [5.74, 6) is 1.69. The van der Waals surface area contributed by atoms with Gasteiger partial charge in [0.05, 0.1) is 6.61 Å².